The first-order chi connectivity index (χ1) is 10.0. The van der Waals surface area contributed by atoms with E-state index in [1.807, 2.05) is 6.07 Å². The average molecular weight is 402 g/mol. The van der Waals surface area contributed by atoms with Gasteiger partial charge >= 0.3 is 0 Å². The van der Waals surface area contributed by atoms with Gasteiger partial charge in [0, 0.05) is 39.3 Å². The van der Waals surface area contributed by atoms with Crippen molar-refractivity contribution in [3.05, 3.63) is 28.8 Å². The Labute approximate surface area is 154 Å². The van der Waals surface area contributed by atoms with Crippen LogP contribution in [0.2, 0.25) is 5.02 Å². The van der Waals surface area contributed by atoms with Gasteiger partial charge in [0.25, 0.3) is 0 Å². The fourth-order valence-corrected chi connectivity index (χ4v) is 3.66. The van der Waals surface area contributed by atoms with Gasteiger partial charge in [0.1, 0.15) is 11.0 Å². The molecule has 1 saturated heterocycles. The first-order valence-electron chi connectivity index (χ1n) is 6.66. The Morgan fingerprint density at radius 1 is 1.30 bits per heavy atom. The normalized spacial score (nSPS) is 15.1. The van der Waals surface area contributed by atoms with Crippen LogP contribution in [-0.2, 0) is 10.0 Å². The Kier molecular flexibility index (Phi) is 10.0. The second-order valence-corrected chi connectivity index (χ2v) is 6.86. The molecule has 0 unspecified atom stereocenters. The van der Waals surface area contributed by atoms with Crippen molar-refractivity contribution in [1.29, 1.82) is 5.26 Å². The van der Waals surface area contributed by atoms with E-state index >= 15 is 0 Å². The van der Waals surface area contributed by atoms with Gasteiger partial charge in [-0.25, -0.2) is 13.1 Å². The standard InChI is InChI=1S/C13H17ClN4O2S.2ClH/c14-12-2-1-3-13(11(12)10-15)21(19,20)17-6-9-18-7-4-16-5-8-18;;/h1-3,16-17H,4-9H2;2*1H. The first-order valence-corrected chi connectivity index (χ1v) is 8.52. The average Bonchev–Trinajstić information content (AvgIpc) is 2.48. The van der Waals surface area contributed by atoms with Crippen LogP contribution < -0.4 is 10.0 Å². The Balaban J connectivity index is 0.00000242. The number of hydrogen-bond acceptors (Lipinski definition) is 5. The Morgan fingerprint density at radius 2 is 1.96 bits per heavy atom. The summed E-state index contributed by atoms with van der Waals surface area (Å²) < 4.78 is 27.0. The largest absolute Gasteiger partial charge is 0.314 e. The third-order valence-corrected chi connectivity index (χ3v) is 5.12. The van der Waals surface area contributed by atoms with Crippen LogP contribution in [-0.4, -0.2) is 52.6 Å². The maximum absolute atomic E-state index is 12.3. The van der Waals surface area contributed by atoms with Gasteiger partial charge in [-0.15, -0.1) is 24.8 Å². The van der Waals surface area contributed by atoms with Crippen LogP contribution in [0, 0.1) is 11.3 Å². The van der Waals surface area contributed by atoms with E-state index in [-0.39, 0.29) is 40.3 Å². The number of sulfonamides is 1. The second kappa shape index (κ2) is 10.3. The molecule has 0 aromatic heterocycles. The first kappa shape index (κ1) is 22.4. The molecule has 23 heavy (non-hydrogen) atoms. The quantitative estimate of drug-likeness (QED) is 0.775. The molecule has 0 bridgehead atoms. The van der Waals surface area contributed by atoms with Crippen LogP contribution in [0.25, 0.3) is 0 Å². The number of hydrogen-bond donors (Lipinski definition) is 2. The molecule has 0 spiro atoms. The van der Waals surface area contributed by atoms with E-state index in [0.29, 0.717) is 13.1 Å². The second-order valence-electron chi connectivity index (χ2n) is 4.71. The molecular weight excluding hydrogens is 383 g/mol. The van der Waals surface area contributed by atoms with Crippen molar-refractivity contribution in [2.24, 2.45) is 0 Å². The highest BCUT2D eigenvalue weighted by molar-refractivity contribution is 7.89. The molecule has 0 saturated carbocycles. The molecule has 0 atom stereocenters. The molecule has 6 nitrogen and oxygen atoms in total. The van der Waals surface area contributed by atoms with Crippen molar-refractivity contribution in [2.45, 2.75) is 4.90 Å². The zero-order valence-electron chi connectivity index (χ0n) is 12.3. The third kappa shape index (κ3) is 6.08. The summed E-state index contributed by atoms with van der Waals surface area (Å²) in [7, 11) is -3.73. The number of piperazine rings is 1. The highest BCUT2D eigenvalue weighted by Crippen LogP contribution is 2.22. The van der Waals surface area contributed by atoms with Gasteiger partial charge in [0.15, 0.2) is 0 Å². The number of benzene rings is 1. The topological polar surface area (TPSA) is 85.2 Å². The summed E-state index contributed by atoms with van der Waals surface area (Å²) in [6, 6.07) is 6.25. The predicted octanol–water partition coefficient (Wildman–Crippen LogP) is 1.24. The Morgan fingerprint density at radius 3 is 2.57 bits per heavy atom. The molecule has 130 valence electrons. The molecular formula is C13H19Cl3N4O2S. The van der Waals surface area contributed by atoms with Crippen molar-refractivity contribution in [3.63, 3.8) is 0 Å². The SMILES string of the molecule is Cl.Cl.N#Cc1c(Cl)cccc1S(=O)(=O)NCCN1CCNCC1. The van der Waals surface area contributed by atoms with Gasteiger partial charge in [0.05, 0.1) is 10.6 Å². The van der Waals surface area contributed by atoms with Crippen molar-refractivity contribution >= 4 is 46.4 Å². The molecule has 1 aromatic carbocycles. The maximum atomic E-state index is 12.3. The molecule has 2 N–H and O–H groups in total. The molecule has 1 heterocycles. The van der Waals surface area contributed by atoms with Gasteiger partial charge < -0.3 is 5.32 Å². The lowest BCUT2D eigenvalue weighted by Crippen LogP contribution is -2.46. The third-order valence-electron chi connectivity index (χ3n) is 3.31. The lowest BCUT2D eigenvalue weighted by Gasteiger charge is -2.27. The van der Waals surface area contributed by atoms with Gasteiger partial charge in [-0.05, 0) is 12.1 Å². The van der Waals surface area contributed by atoms with Crippen molar-refractivity contribution < 1.29 is 8.42 Å². The highest BCUT2D eigenvalue weighted by atomic mass is 35.5. The summed E-state index contributed by atoms with van der Waals surface area (Å²) >= 11 is 5.86. The van der Waals surface area contributed by atoms with E-state index in [1.165, 1.54) is 18.2 Å². The van der Waals surface area contributed by atoms with E-state index in [9.17, 15) is 8.42 Å². The monoisotopic (exact) mass is 400 g/mol. The molecule has 0 aliphatic carbocycles. The lowest BCUT2D eigenvalue weighted by molar-refractivity contribution is 0.245. The van der Waals surface area contributed by atoms with Gasteiger partial charge in [0.2, 0.25) is 10.0 Å². The minimum Gasteiger partial charge on any atom is -0.314 e. The predicted molar refractivity (Wildman–Crippen MR) is 95.2 cm³/mol. The maximum Gasteiger partial charge on any atom is 0.241 e. The van der Waals surface area contributed by atoms with E-state index < -0.39 is 10.0 Å². The van der Waals surface area contributed by atoms with Gasteiger partial charge in [-0.1, -0.05) is 17.7 Å². The molecule has 1 fully saturated rings. The Hall–Kier alpha value is -0.590. The van der Waals surface area contributed by atoms with E-state index in [1.54, 1.807) is 0 Å². The summed E-state index contributed by atoms with van der Waals surface area (Å²) in [5, 5.41) is 12.4. The van der Waals surface area contributed by atoms with Crippen LogP contribution in [0.3, 0.4) is 0 Å². The smallest absolute Gasteiger partial charge is 0.241 e. The molecule has 1 aliphatic rings. The van der Waals surface area contributed by atoms with E-state index in [0.717, 1.165) is 26.2 Å². The van der Waals surface area contributed by atoms with Crippen LogP contribution in [0.4, 0.5) is 0 Å². The van der Waals surface area contributed by atoms with Crippen molar-refractivity contribution in [2.75, 3.05) is 39.3 Å². The Bertz CT molecular complexity index is 643. The summed E-state index contributed by atoms with van der Waals surface area (Å²) in [5.41, 5.74) is -0.0196. The number of nitrogens with zero attached hydrogens (tertiary/aromatic N) is 2. The van der Waals surface area contributed by atoms with Gasteiger partial charge in [-0.2, -0.15) is 5.26 Å². The minimum absolute atomic E-state index is 0. The van der Waals surface area contributed by atoms with Crippen LogP contribution in [0.5, 0.6) is 0 Å². The summed E-state index contributed by atoms with van der Waals surface area (Å²) in [6.07, 6.45) is 0. The van der Waals surface area contributed by atoms with Crippen molar-refractivity contribution in [3.8, 4) is 6.07 Å². The van der Waals surface area contributed by atoms with Crippen LogP contribution in [0.1, 0.15) is 5.56 Å². The van der Waals surface area contributed by atoms with Gasteiger partial charge in [-0.3, -0.25) is 4.90 Å². The number of halogens is 3. The molecule has 0 radical (unpaired) electrons. The lowest BCUT2D eigenvalue weighted by atomic mass is 10.2. The van der Waals surface area contributed by atoms with E-state index in [4.69, 9.17) is 16.9 Å². The summed E-state index contributed by atoms with van der Waals surface area (Å²) in [5.74, 6) is 0. The fraction of sp³-hybridized carbons (Fsp3) is 0.462. The number of nitriles is 1. The summed E-state index contributed by atoms with van der Waals surface area (Å²) in [6.45, 7) is 4.59. The van der Waals surface area contributed by atoms with Crippen LogP contribution >= 0.6 is 36.4 Å². The molecule has 1 aliphatic heterocycles. The molecule has 0 amide bonds. The van der Waals surface area contributed by atoms with Crippen LogP contribution in [0.15, 0.2) is 23.1 Å². The molecule has 1 aromatic rings. The molecule has 2 rings (SSSR count). The summed E-state index contributed by atoms with van der Waals surface area (Å²) in [4.78, 5) is 2.11. The minimum atomic E-state index is -3.73. The molecule has 10 heteroatoms. The zero-order valence-corrected chi connectivity index (χ0v) is 15.5. The fourth-order valence-electron chi connectivity index (χ4n) is 2.19. The number of rotatable bonds is 5. The van der Waals surface area contributed by atoms with E-state index in [2.05, 4.69) is 14.9 Å². The number of nitrogens with one attached hydrogen (secondary N) is 2. The van der Waals surface area contributed by atoms with Crippen molar-refractivity contribution in [1.82, 2.24) is 14.9 Å². The highest BCUT2D eigenvalue weighted by Gasteiger charge is 2.20. The zero-order chi connectivity index (χ0) is 15.3.